The Hall–Kier alpha value is -8.20. The first kappa shape index (κ1) is 42.7. The monoisotopic (exact) mass is 922 g/mol. The summed E-state index contributed by atoms with van der Waals surface area (Å²) in [5, 5.41) is 16.8. The molecule has 0 saturated carbocycles. The van der Waals surface area contributed by atoms with Crippen LogP contribution in [0.4, 0.5) is 0 Å². The van der Waals surface area contributed by atoms with Gasteiger partial charge < -0.3 is 0 Å². The Balaban J connectivity index is 1.11. The van der Waals surface area contributed by atoms with Gasteiger partial charge in [0.25, 0.3) is 0 Å². The molecule has 0 saturated heterocycles. The van der Waals surface area contributed by atoms with Crippen LogP contribution in [-0.2, 0) is 5.41 Å². The van der Waals surface area contributed by atoms with Gasteiger partial charge in [-0.1, -0.05) is 194 Å². The summed E-state index contributed by atoms with van der Waals surface area (Å²) in [6.07, 6.45) is 0. The highest BCUT2D eigenvalue weighted by atomic mass is 14.7. The highest BCUT2D eigenvalue weighted by Crippen LogP contribution is 2.51. The maximum atomic E-state index is 5.80. The molecule has 0 aliphatic heterocycles. The van der Waals surface area contributed by atoms with E-state index in [9.17, 15) is 0 Å². The van der Waals surface area contributed by atoms with Gasteiger partial charge in [-0.15, -0.1) is 0 Å². The lowest BCUT2D eigenvalue weighted by Gasteiger charge is -2.25. The second-order valence-corrected chi connectivity index (χ2v) is 22.1. The highest BCUT2D eigenvalue weighted by Gasteiger charge is 2.27. The van der Waals surface area contributed by atoms with Crippen molar-refractivity contribution in [3.05, 3.63) is 205 Å². The van der Waals surface area contributed by atoms with Crippen LogP contribution in [0.3, 0.4) is 0 Å². The molecule has 344 valence electrons. The molecule has 2 aromatic heterocycles. The van der Waals surface area contributed by atoms with Gasteiger partial charge in [0, 0.05) is 32.3 Å². The summed E-state index contributed by atoms with van der Waals surface area (Å²) >= 11 is 0. The molecular weight excluding hydrogens is 869 g/mol. The molecule has 0 bridgehead atoms. The fourth-order valence-electron chi connectivity index (χ4n) is 12.3. The van der Waals surface area contributed by atoms with Crippen LogP contribution < -0.4 is 0 Å². The molecule has 14 aromatic rings. The first-order valence-electron chi connectivity index (χ1n) is 25.8. The molecule has 0 fully saturated rings. The predicted octanol–water partition coefficient (Wildman–Crippen LogP) is 19.9. The Bertz CT molecular complexity index is 4510. The van der Waals surface area contributed by atoms with Crippen molar-refractivity contribution in [2.75, 3.05) is 0 Å². The van der Waals surface area contributed by atoms with Crippen LogP contribution in [-0.4, -0.2) is 9.97 Å². The summed E-state index contributed by atoms with van der Waals surface area (Å²) in [7, 11) is 0. The minimum atomic E-state index is -0.0811. The number of nitrogens with zero attached hydrogens (tertiary/aromatic N) is 2. The summed E-state index contributed by atoms with van der Waals surface area (Å²) in [5.41, 5.74) is 17.7. The smallest absolute Gasteiger partial charge is 0.0801 e. The summed E-state index contributed by atoms with van der Waals surface area (Å²) in [6, 6.07) is 71.1. The number of hydrogen-bond acceptors (Lipinski definition) is 2. The predicted molar refractivity (Wildman–Crippen MR) is 311 cm³/mol. The largest absolute Gasteiger partial charge is 0.247 e. The molecule has 72 heavy (non-hydrogen) atoms. The molecule has 14 rings (SSSR count). The Labute approximate surface area is 420 Å². The quantitative estimate of drug-likeness (QED) is 0.123. The molecule has 2 heterocycles. The van der Waals surface area contributed by atoms with Crippen molar-refractivity contribution < 1.29 is 0 Å². The van der Waals surface area contributed by atoms with Gasteiger partial charge in [0.05, 0.1) is 22.1 Å². The van der Waals surface area contributed by atoms with Crippen LogP contribution in [0.15, 0.2) is 188 Å². The minimum absolute atomic E-state index is 0.0811. The van der Waals surface area contributed by atoms with E-state index in [0.717, 1.165) is 32.8 Å². The molecule has 2 heteroatoms. The van der Waals surface area contributed by atoms with E-state index in [1.165, 1.54) is 126 Å². The zero-order valence-electron chi connectivity index (χ0n) is 41.9. The zero-order valence-corrected chi connectivity index (χ0v) is 41.9. The Morgan fingerprint density at radius 1 is 0.319 bits per heavy atom. The Morgan fingerprint density at radius 2 is 0.764 bits per heavy atom. The summed E-state index contributed by atoms with van der Waals surface area (Å²) in [5.74, 6) is 0.943. The zero-order chi connectivity index (χ0) is 48.7. The van der Waals surface area contributed by atoms with E-state index in [0.29, 0.717) is 11.8 Å². The second-order valence-electron chi connectivity index (χ2n) is 22.1. The van der Waals surface area contributed by atoms with Crippen molar-refractivity contribution in [1.82, 2.24) is 9.97 Å². The average molecular weight is 923 g/mol. The number of hydrogen-bond donors (Lipinski definition) is 0. The minimum Gasteiger partial charge on any atom is -0.247 e. The van der Waals surface area contributed by atoms with Crippen LogP contribution in [0.1, 0.15) is 77.0 Å². The van der Waals surface area contributed by atoms with E-state index in [1.54, 1.807) is 0 Å². The van der Waals surface area contributed by atoms with Crippen LogP contribution >= 0.6 is 0 Å². The molecule has 0 N–H and O–H groups in total. The molecule has 2 nitrogen and oxygen atoms in total. The fraction of sp³-hybridized carbons (Fsp3) is 0.143. The maximum Gasteiger partial charge on any atom is 0.0801 e. The molecule has 0 radical (unpaired) electrons. The molecule has 0 amide bonds. The van der Waals surface area contributed by atoms with Crippen molar-refractivity contribution in [3.63, 3.8) is 0 Å². The van der Waals surface area contributed by atoms with E-state index < -0.39 is 0 Å². The normalized spacial score (nSPS) is 12.6. The van der Waals surface area contributed by atoms with Gasteiger partial charge in [-0.05, 0) is 164 Å². The van der Waals surface area contributed by atoms with E-state index in [4.69, 9.17) is 9.97 Å². The highest BCUT2D eigenvalue weighted by molar-refractivity contribution is 6.41. The lowest BCUT2D eigenvalue weighted by molar-refractivity contribution is 0.596. The van der Waals surface area contributed by atoms with E-state index >= 15 is 0 Å². The van der Waals surface area contributed by atoms with Gasteiger partial charge in [-0.2, -0.15) is 0 Å². The standard InChI is InChI=1S/C70H54N2/c1-39(2)41-16-20-44(21-17-41)47-26-28-53-57(36-47)62(50-25-24-43-12-8-9-13-46(43)34-50)55-30-32-60-66-64(55)68(53)71-61-33-31-56-63(51-35-49-14-10-11-15-52(49)59(38-51)70(5,6)7)58-37-48(45-22-18-42(19-23-45)40(3)4)27-29-54(58)69(72-60)65(56)67(61)66/h8-40H,1-7H3. The van der Waals surface area contributed by atoms with Crippen molar-refractivity contribution in [2.45, 2.75) is 65.7 Å². The molecule has 0 aliphatic rings. The Kier molecular flexibility index (Phi) is 9.27. The third-order valence-electron chi connectivity index (χ3n) is 16.0. The number of aromatic nitrogens is 2. The van der Waals surface area contributed by atoms with E-state index in [1.807, 2.05) is 0 Å². The Morgan fingerprint density at radius 3 is 1.29 bits per heavy atom. The first-order chi connectivity index (χ1) is 35.0. The number of benzene rings is 12. The van der Waals surface area contributed by atoms with Crippen molar-refractivity contribution in [2.24, 2.45) is 0 Å². The summed E-state index contributed by atoms with van der Waals surface area (Å²) < 4.78 is 0. The third-order valence-corrected chi connectivity index (χ3v) is 16.0. The van der Waals surface area contributed by atoms with Gasteiger partial charge in [0.1, 0.15) is 0 Å². The second kappa shape index (κ2) is 15.6. The van der Waals surface area contributed by atoms with Crippen molar-refractivity contribution in [3.8, 4) is 44.5 Å². The fourth-order valence-corrected chi connectivity index (χ4v) is 12.3. The van der Waals surface area contributed by atoms with Gasteiger partial charge in [-0.25, -0.2) is 9.97 Å². The molecule has 0 unspecified atom stereocenters. The summed E-state index contributed by atoms with van der Waals surface area (Å²) in [6.45, 7) is 16.1. The van der Waals surface area contributed by atoms with Crippen molar-refractivity contribution >= 4 is 97.5 Å². The van der Waals surface area contributed by atoms with E-state index in [-0.39, 0.29) is 5.41 Å². The SMILES string of the molecule is CC(C)c1ccc(-c2ccc3c(c2)c(-c2ccc4ccccc4c2)c2ccc4nc5c6ccc(-c7ccc(C(C)C)cc7)cc6c(-c6cc(C(C)(C)C)c7ccccc7c6)c6ccc7nc3c2c4c7c65)cc1. The summed E-state index contributed by atoms with van der Waals surface area (Å²) in [4.78, 5) is 11.6. The molecular formula is C70H54N2. The maximum absolute atomic E-state index is 5.80. The topological polar surface area (TPSA) is 25.8 Å². The van der Waals surface area contributed by atoms with E-state index in [2.05, 4.69) is 237 Å². The van der Waals surface area contributed by atoms with Crippen LogP contribution in [0, 0.1) is 0 Å². The van der Waals surface area contributed by atoms with Gasteiger partial charge in [0.2, 0.25) is 0 Å². The van der Waals surface area contributed by atoms with Gasteiger partial charge in [-0.3, -0.25) is 0 Å². The molecule has 12 aromatic carbocycles. The van der Waals surface area contributed by atoms with Gasteiger partial charge in [0.15, 0.2) is 0 Å². The third kappa shape index (κ3) is 6.41. The first-order valence-corrected chi connectivity index (χ1v) is 25.8. The average Bonchev–Trinajstić information content (AvgIpc) is 3.40. The number of pyridine rings is 2. The molecule has 0 atom stereocenters. The lowest BCUT2D eigenvalue weighted by atomic mass is 9.80. The van der Waals surface area contributed by atoms with Crippen LogP contribution in [0.25, 0.3) is 142 Å². The lowest BCUT2D eigenvalue weighted by Crippen LogP contribution is -2.12. The number of fused-ring (bicyclic) bond motifs is 6. The van der Waals surface area contributed by atoms with Gasteiger partial charge >= 0.3 is 0 Å². The van der Waals surface area contributed by atoms with Crippen molar-refractivity contribution in [1.29, 1.82) is 0 Å². The van der Waals surface area contributed by atoms with Crippen LogP contribution in [0.2, 0.25) is 0 Å². The molecule has 0 aliphatic carbocycles. The molecule has 0 spiro atoms. The van der Waals surface area contributed by atoms with Crippen LogP contribution in [0.5, 0.6) is 0 Å². The number of rotatable bonds is 6.